The lowest BCUT2D eigenvalue weighted by molar-refractivity contribution is 0.0600. The van der Waals surface area contributed by atoms with Crippen molar-refractivity contribution in [2.24, 2.45) is 0 Å². The number of hydrogen-bond acceptors (Lipinski definition) is 4. The number of esters is 1. The van der Waals surface area contributed by atoms with E-state index in [1.165, 1.54) is 19.4 Å². The van der Waals surface area contributed by atoms with Crippen LogP contribution in [0.2, 0.25) is 0 Å². The molecule has 0 aliphatic heterocycles. The maximum absolute atomic E-state index is 10.7. The lowest BCUT2D eigenvalue weighted by Crippen LogP contribution is -1.98. The van der Waals surface area contributed by atoms with Crippen molar-refractivity contribution in [3.63, 3.8) is 0 Å². The molecule has 4 nitrogen and oxygen atoms in total. The Morgan fingerprint density at radius 3 is 2.90 bits per heavy atom. The first kappa shape index (κ1) is 6.67. The van der Waals surface area contributed by atoms with Crippen molar-refractivity contribution < 1.29 is 13.9 Å². The smallest absolute Gasteiger partial charge is 0.341 e. The van der Waals surface area contributed by atoms with Crippen LogP contribution in [-0.4, -0.2) is 13.1 Å². The number of methoxy groups -OCH3 is 1. The number of carbonyl (C=O) groups excluding carboxylic acids is 1. The largest absolute Gasteiger partial charge is 0.465 e. The summed E-state index contributed by atoms with van der Waals surface area (Å²) >= 11 is 0. The maximum atomic E-state index is 10.7. The van der Waals surface area contributed by atoms with E-state index >= 15 is 0 Å². The average molecular weight is 141 g/mol. The van der Waals surface area contributed by atoms with Crippen molar-refractivity contribution in [1.29, 1.82) is 0 Å². The zero-order valence-corrected chi connectivity index (χ0v) is 5.46. The average Bonchev–Trinajstić information content (AvgIpc) is 2.34. The van der Waals surface area contributed by atoms with Crippen molar-refractivity contribution in [1.82, 2.24) is 0 Å². The van der Waals surface area contributed by atoms with Gasteiger partial charge in [0, 0.05) is 6.07 Å². The summed E-state index contributed by atoms with van der Waals surface area (Å²) in [6.07, 6.45) is 1.25. The Hall–Kier alpha value is -1.45. The Morgan fingerprint density at radius 1 is 1.80 bits per heavy atom. The predicted molar refractivity (Wildman–Crippen MR) is 34.5 cm³/mol. The molecule has 0 atom stereocenters. The minimum absolute atomic E-state index is 0.209. The van der Waals surface area contributed by atoms with Crippen LogP contribution in [0.25, 0.3) is 0 Å². The van der Waals surface area contributed by atoms with Crippen LogP contribution in [0.15, 0.2) is 16.7 Å². The minimum atomic E-state index is -0.444. The lowest BCUT2D eigenvalue weighted by Gasteiger charge is -1.89. The summed E-state index contributed by atoms with van der Waals surface area (Å²) in [7, 11) is 1.30. The van der Waals surface area contributed by atoms with Gasteiger partial charge in [0.25, 0.3) is 0 Å². The van der Waals surface area contributed by atoms with E-state index in [2.05, 4.69) is 9.15 Å². The molecule has 0 spiro atoms. The van der Waals surface area contributed by atoms with Crippen molar-refractivity contribution >= 4 is 11.9 Å². The first-order valence-corrected chi connectivity index (χ1v) is 2.66. The van der Waals surface area contributed by atoms with E-state index in [1.807, 2.05) is 0 Å². The van der Waals surface area contributed by atoms with Crippen molar-refractivity contribution in [3.8, 4) is 0 Å². The Labute approximate surface area is 57.6 Å². The summed E-state index contributed by atoms with van der Waals surface area (Å²) in [5, 5.41) is 0. The predicted octanol–water partition coefficient (Wildman–Crippen LogP) is 0.648. The highest BCUT2D eigenvalue weighted by Gasteiger charge is 2.07. The first-order chi connectivity index (χ1) is 4.74. The lowest BCUT2D eigenvalue weighted by atomic mass is 10.3. The molecule has 4 heteroatoms. The van der Waals surface area contributed by atoms with Gasteiger partial charge in [0.2, 0.25) is 0 Å². The molecule has 1 aromatic heterocycles. The summed E-state index contributed by atoms with van der Waals surface area (Å²) < 4.78 is 9.06. The molecule has 0 aliphatic carbocycles. The van der Waals surface area contributed by atoms with Gasteiger partial charge in [-0.15, -0.1) is 0 Å². The van der Waals surface area contributed by atoms with Crippen molar-refractivity contribution in [3.05, 3.63) is 17.9 Å². The third-order valence-electron chi connectivity index (χ3n) is 1.04. The molecule has 0 radical (unpaired) electrons. The summed E-state index contributed by atoms with van der Waals surface area (Å²) in [5.41, 5.74) is 5.53. The number of ether oxygens (including phenoxy) is 1. The molecule has 1 aromatic rings. The molecule has 2 N–H and O–H groups in total. The van der Waals surface area contributed by atoms with Crippen LogP contribution < -0.4 is 5.73 Å². The van der Waals surface area contributed by atoms with Crippen LogP contribution in [0.3, 0.4) is 0 Å². The van der Waals surface area contributed by atoms with Crippen molar-refractivity contribution in [2.45, 2.75) is 0 Å². The molecule has 0 bridgehead atoms. The van der Waals surface area contributed by atoms with E-state index in [9.17, 15) is 4.79 Å². The number of carbonyl (C=O) groups is 1. The molecule has 0 saturated heterocycles. The maximum Gasteiger partial charge on any atom is 0.341 e. The van der Waals surface area contributed by atoms with Gasteiger partial charge in [-0.25, -0.2) is 4.79 Å². The molecule has 10 heavy (non-hydrogen) atoms. The summed E-state index contributed by atoms with van der Waals surface area (Å²) in [6.45, 7) is 0. The minimum Gasteiger partial charge on any atom is -0.465 e. The van der Waals surface area contributed by atoms with Gasteiger partial charge in [0.1, 0.15) is 11.8 Å². The second-order valence-electron chi connectivity index (χ2n) is 1.73. The number of nitrogen functional groups attached to an aromatic ring is 1. The Bertz CT molecular complexity index is 241. The summed E-state index contributed by atoms with van der Waals surface area (Å²) in [5.74, 6) is -0.235. The molecule has 0 aliphatic rings. The molecule has 0 unspecified atom stereocenters. The molecule has 0 saturated carbocycles. The normalized spacial score (nSPS) is 9.30. The molecule has 54 valence electrons. The highest BCUT2D eigenvalue weighted by atomic mass is 16.5. The zero-order chi connectivity index (χ0) is 7.56. The molecule has 0 aromatic carbocycles. The van der Waals surface area contributed by atoms with Gasteiger partial charge < -0.3 is 14.9 Å². The van der Waals surface area contributed by atoms with E-state index in [0.717, 1.165) is 0 Å². The number of rotatable bonds is 1. The molecular formula is C6H7NO3. The van der Waals surface area contributed by atoms with Gasteiger partial charge in [-0.05, 0) is 0 Å². The molecule has 0 fully saturated rings. The number of nitrogens with two attached hydrogens (primary N) is 1. The van der Waals surface area contributed by atoms with Gasteiger partial charge in [-0.2, -0.15) is 0 Å². The highest BCUT2D eigenvalue weighted by Crippen LogP contribution is 2.09. The molecule has 1 rings (SSSR count). The van der Waals surface area contributed by atoms with Crippen LogP contribution in [0.1, 0.15) is 10.4 Å². The fourth-order valence-electron chi connectivity index (χ4n) is 0.578. The second-order valence-corrected chi connectivity index (χ2v) is 1.73. The van der Waals surface area contributed by atoms with Crippen LogP contribution in [0.4, 0.5) is 5.88 Å². The van der Waals surface area contributed by atoms with Crippen LogP contribution in [0, 0.1) is 0 Å². The number of anilines is 1. The van der Waals surface area contributed by atoms with E-state index in [1.54, 1.807) is 0 Å². The fourth-order valence-corrected chi connectivity index (χ4v) is 0.578. The summed E-state index contributed by atoms with van der Waals surface area (Å²) in [4.78, 5) is 10.7. The van der Waals surface area contributed by atoms with E-state index < -0.39 is 5.97 Å². The van der Waals surface area contributed by atoms with Crippen LogP contribution >= 0.6 is 0 Å². The van der Waals surface area contributed by atoms with Crippen molar-refractivity contribution in [2.75, 3.05) is 12.8 Å². The van der Waals surface area contributed by atoms with Gasteiger partial charge in [-0.1, -0.05) is 0 Å². The van der Waals surface area contributed by atoms with Gasteiger partial charge in [0.05, 0.1) is 7.11 Å². The summed E-state index contributed by atoms with van der Waals surface area (Å²) in [6, 6.07) is 1.41. The van der Waals surface area contributed by atoms with Gasteiger partial charge >= 0.3 is 5.97 Å². The van der Waals surface area contributed by atoms with E-state index in [-0.39, 0.29) is 5.88 Å². The van der Waals surface area contributed by atoms with E-state index in [4.69, 9.17) is 5.73 Å². The standard InChI is InChI=1S/C6H7NO3/c1-9-6(8)4-2-5(7)10-3-4/h2-3H,7H2,1H3. The van der Waals surface area contributed by atoms with E-state index in [0.29, 0.717) is 5.56 Å². The van der Waals surface area contributed by atoms with Gasteiger partial charge in [0.15, 0.2) is 5.88 Å². The topological polar surface area (TPSA) is 65.5 Å². The molecule has 1 heterocycles. The third kappa shape index (κ3) is 1.10. The SMILES string of the molecule is COC(=O)c1coc(N)c1. The number of hydrogen-bond donors (Lipinski definition) is 1. The third-order valence-corrected chi connectivity index (χ3v) is 1.04. The Kier molecular flexibility index (Phi) is 1.62. The Balaban J connectivity index is 2.85. The second kappa shape index (κ2) is 2.43. The van der Waals surface area contributed by atoms with Crippen LogP contribution in [0.5, 0.6) is 0 Å². The monoisotopic (exact) mass is 141 g/mol. The quantitative estimate of drug-likeness (QED) is 0.583. The fraction of sp³-hybridized carbons (Fsp3) is 0.167. The zero-order valence-electron chi connectivity index (χ0n) is 5.46. The number of furan rings is 1. The van der Waals surface area contributed by atoms with Crippen LogP contribution in [-0.2, 0) is 4.74 Å². The molecule has 0 amide bonds. The Morgan fingerprint density at radius 2 is 2.50 bits per heavy atom. The van der Waals surface area contributed by atoms with Gasteiger partial charge in [-0.3, -0.25) is 0 Å². The highest BCUT2D eigenvalue weighted by molar-refractivity contribution is 5.89. The first-order valence-electron chi connectivity index (χ1n) is 2.66. The molecular weight excluding hydrogens is 134 g/mol.